The third-order valence-corrected chi connectivity index (χ3v) is 4.61. The normalized spacial score (nSPS) is 11.2. The molecule has 27 heavy (non-hydrogen) atoms. The predicted molar refractivity (Wildman–Crippen MR) is 107 cm³/mol. The molecule has 0 aliphatic heterocycles. The van der Waals surface area contributed by atoms with E-state index in [1.54, 1.807) is 14.2 Å². The molecule has 0 spiro atoms. The van der Waals surface area contributed by atoms with Gasteiger partial charge in [-0.2, -0.15) is 0 Å². The SMILES string of the molecule is COc1ccc(C(OCCN)(c2ccccc2)c2ccc(OC)cc2)cc1. The van der Waals surface area contributed by atoms with E-state index in [0.29, 0.717) is 13.2 Å². The molecular formula is C23H25NO3. The van der Waals surface area contributed by atoms with Gasteiger partial charge in [0.15, 0.2) is 0 Å². The molecule has 0 saturated carbocycles. The van der Waals surface area contributed by atoms with Crippen molar-refractivity contribution in [1.29, 1.82) is 0 Å². The van der Waals surface area contributed by atoms with Crippen molar-refractivity contribution in [3.8, 4) is 11.5 Å². The lowest BCUT2D eigenvalue weighted by atomic mass is 9.80. The van der Waals surface area contributed by atoms with Crippen molar-refractivity contribution in [3.63, 3.8) is 0 Å². The number of hydrogen-bond acceptors (Lipinski definition) is 4. The lowest BCUT2D eigenvalue weighted by Crippen LogP contribution is -2.34. The Bertz CT molecular complexity index is 782. The molecule has 0 radical (unpaired) electrons. The maximum absolute atomic E-state index is 6.48. The van der Waals surface area contributed by atoms with Crippen LogP contribution in [-0.2, 0) is 10.3 Å². The molecule has 0 heterocycles. The molecule has 4 nitrogen and oxygen atoms in total. The zero-order chi connectivity index (χ0) is 19.1. The van der Waals surface area contributed by atoms with Crippen molar-refractivity contribution in [3.05, 3.63) is 95.6 Å². The zero-order valence-corrected chi connectivity index (χ0v) is 15.7. The fraction of sp³-hybridized carbons (Fsp3) is 0.217. The third kappa shape index (κ3) is 3.82. The van der Waals surface area contributed by atoms with Crippen LogP contribution >= 0.6 is 0 Å². The lowest BCUT2D eigenvalue weighted by molar-refractivity contribution is 0.0179. The van der Waals surface area contributed by atoms with E-state index in [2.05, 4.69) is 12.1 Å². The quantitative estimate of drug-likeness (QED) is 0.615. The number of hydrogen-bond donors (Lipinski definition) is 1. The van der Waals surface area contributed by atoms with Crippen molar-refractivity contribution >= 4 is 0 Å². The molecule has 3 aromatic rings. The summed E-state index contributed by atoms with van der Waals surface area (Å²) in [7, 11) is 3.32. The van der Waals surface area contributed by atoms with Gasteiger partial charge in [0.2, 0.25) is 0 Å². The standard InChI is InChI=1S/C23H25NO3/c1-25-21-12-8-19(9-13-21)23(27-17-16-24,18-6-4-3-5-7-18)20-10-14-22(26-2)15-11-20/h3-15H,16-17,24H2,1-2H3. The van der Waals surface area contributed by atoms with Crippen LogP contribution in [0.5, 0.6) is 11.5 Å². The second-order valence-corrected chi connectivity index (χ2v) is 6.14. The first kappa shape index (κ1) is 19.0. The van der Waals surface area contributed by atoms with E-state index < -0.39 is 5.60 Å². The smallest absolute Gasteiger partial charge is 0.143 e. The average Bonchev–Trinajstić information content (AvgIpc) is 2.76. The van der Waals surface area contributed by atoms with Crippen LogP contribution in [0.15, 0.2) is 78.9 Å². The minimum Gasteiger partial charge on any atom is -0.497 e. The molecule has 0 aliphatic carbocycles. The fourth-order valence-electron chi connectivity index (χ4n) is 3.29. The van der Waals surface area contributed by atoms with Gasteiger partial charge in [0.05, 0.1) is 20.8 Å². The first-order valence-corrected chi connectivity index (χ1v) is 8.93. The average molecular weight is 363 g/mol. The van der Waals surface area contributed by atoms with Crippen LogP contribution in [0.3, 0.4) is 0 Å². The van der Waals surface area contributed by atoms with E-state index in [4.69, 9.17) is 19.9 Å². The van der Waals surface area contributed by atoms with Crippen molar-refractivity contribution < 1.29 is 14.2 Å². The van der Waals surface area contributed by atoms with Gasteiger partial charge in [-0.05, 0) is 41.0 Å². The van der Waals surface area contributed by atoms with Crippen LogP contribution < -0.4 is 15.2 Å². The van der Waals surface area contributed by atoms with Crippen molar-refractivity contribution in [2.24, 2.45) is 5.73 Å². The Kier molecular flexibility index (Phi) is 6.12. The number of benzene rings is 3. The van der Waals surface area contributed by atoms with Crippen LogP contribution in [-0.4, -0.2) is 27.4 Å². The Morgan fingerprint density at radius 1 is 0.667 bits per heavy atom. The monoisotopic (exact) mass is 363 g/mol. The third-order valence-electron chi connectivity index (χ3n) is 4.61. The predicted octanol–water partition coefficient (Wildman–Crippen LogP) is 3.97. The van der Waals surface area contributed by atoms with Crippen LogP contribution in [0.1, 0.15) is 16.7 Å². The lowest BCUT2D eigenvalue weighted by Gasteiger charge is -2.36. The highest BCUT2D eigenvalue weighted by Gasteiger charge is 2.37. The second-order valence-electron chi connectivity index (χ2n) is 6.14. The van der Waals surface area contributed by atoms with Crippen LogP contribution in [0.4, 0.5) is 0 Å². The Hall–Kier alpha value is -2.82. The molecule has 3 rings (SSSR count). The summed E-state index contributed by atoms with van der Waals surface area (Å²) >= 11 is 0. The number of ether oxygens (including phenoxy) is 3. The number of rotatable bonds is 8. The van der Waals surface area contributed by atoms with E-state index in [0.717, 1.165) is 28.2 Å². The number of methoxy groups -OCH3 is 2. The van der Waals surface area contributed by atoms with E-state index in [1.807, 2.05) is 66.7 Å². The Labute approximate surface area is 160 Å². The summed E-state index contributed by atoms with van der Waals surface area (Å²) in [4.78, 5) is 0. The summed E-state index contributed by atoms with van der Waals surface area (Å²) in [6, 6.07) is 26.1. The highest BCUT2D eigenvalue weighted by atomic mass is 16.5. The molecule has 3 aromatic carbocycles. The first-order chi connectivity index (χ1) is 13.2. The molecule has 0 aliphatic rings. The Morgan fingerprint density at radius 3 is 1.52 bits per heavy atom. The molecule has 4 heteroatoms. The highest BCUT2D eigenvalue weighted by molar-refractivity contribution is 5.49. The molecule has 0 unspecified atom stereocenters. The Morgan fingerprint density at radius 2 is 1.11 bits per heavy atom. The van der Waals surface area contributed by atoms with E-state index >= 15 is 0 Å². The fourth-order valence-corrected chi connectivity index (χ4v) is 3.29. The summed E-state index contributed by atoms with van der Waals surface area (Å²) in [6.45, 7) is 0.855. The van der Waals surface area contributed by atoms with Crippen molar-refractivity contribution in [2.45, 2.75) is 5.60 Å². The summed E-state index contributed by atoms with van der Waals surface area (Å²) < 4.78 is 17.1. The summed E-state index contributed by atoms with van der Waals surface area (Å²) in [6.07, 6.45) is 0. The molecular weight excluding hydrogens is 338 g/mol. The van der Waals surface area contributed by atoms with E-state index in [9.17, 15) is 0 Å². The van der Waals surface area contributed by atoms with Gasteiger partial charge in [0.25, 0.3) is 0 Å². The Balaban J connectivity index is 2.22. The van der Waals surface area contributed by atoms with E-state index in [1.165, 1.54) is 0 Å². The van der Waals surface area contributed by atoms with Gasteiger partial charge in [0.1, 0.15) is 17.1 Å². The summed E-state index contributed by atoms with van der Waals surface area (Å²) in [5.74, 6) is 1.60. The molecule has 0 atom stereocenters. The van der Waals surface area contributed by atoms with Gasteiger partial charge in [-0.25, -0.2) is 0 Å². The largest absolute Gasteiger partial charge is 0.497 e. The minimum absolute atomic E-state index is 0.424. The summed E-state index contributed by atoms with van der Waals surface area (Å²) in [5, 5.41) is 0. The minimum atomic E-state index is -0.779. The topological polar surface area (TPSA) is 53.7 Å². The van der Waals surface area contributed by atoms with Gasteiger partial charge in [0, 0.05) is 6.54 Å². The molecule has 0 bridgehead atoms. The van der Waals surface area contributed by atoms with Gasteiger partial charge in [-0.15, -0.1) is 0 Å². The molecule has 0 fully saturated rings. The van der Waals surface area contributed by atoms with Crippen LogP contribution in [0.2, 0.25) is 0 Å². The molecule has 0 saturated heterocycles. The molecule has 140 valence electrons. The molecule has 0 aromatic heterocycles. The van der Waals surface area contributed by atoms with Crippen LogP contribution in [0, 0.1) is 0 Å². The molecule has 0 amide bonds. The van der Waals surface area contributed by atoms with Crippen LogP contribution in [0.25, 0.3) is 0 Å². The highest BCUT2D eigenvalue weighted by Crippen LogP contribution is 2.41. The van der Waals surface area contributed by atoms with Gasteiger partial charge >= 0.3 is 0 Å². The maximum atomic E-state index is 6.48. The second kappa shape index (κ2) is 8.71. The summed E-state index contributed by atoms with van der Waals surface area (Å²) in [5.41, 5.74) is 8.07. The zero-order valence-electron chi connectivity index (χ0n) is 15.7. The van der Waals surface area contributed by atoms with Crippen molar-refractivity contribution in [2.75, 3.05) is 27.4 Å². The molecule has 2 N–H and O–H groups in total. The first-order valence-electron chi connectivity index (χ1n) is 8.93. The van der Waals surface area contributed by atoms with E-state index in [-0.39, 0.29) is 0 Å². The number of nitrogens with two attached hydrogens (primary N) is 1. The van der Waals surface area contributed by atoms with Gasteiger partial charge < -0.3 is 19.9 Å². The van der Waals surface area contributed by atoms with Crippen molar-refractivity contribution in [1.82, 2.24) is 0 Å². The van der Waals surface area contributed by atoms with Gasteiger partial charge in [-0.1, -0.05) is 54.6 Å². The van der Waals surface area contributed by atoms with Gasteiger partial charge in [-0.3, -0.25) is 0 Å². The maximum Gasteiger partial charge on any atom is 0.143 e.